The Bertz CT molecular complexity index is 840. The Kier molecular flexibility index (Phi) is 7.54. The van der Waals surface area contributed by atoms with E-state index in [1.807, 2.05) is 30.5 Å². The number of thioether (sulfide) groups is 1. The Hall–Kier alpha value is -2.52. The number of ether oxygens (including phenoxy) is 3. The van der Waals surface area contributed by atoms with Crippen LogP contribution in [0, 0.1) is 0 Å². The number of hydrogen-bond donors (Lipinski definition) is 0. The monoisotopic (exact) mass is 420 g/mol. The number of hydrogen-bond acceptors (Lipinski definition) is 8. The Morgan fingerprint density at radius 2 is 2.17 bits per heavy atom. The summed E-state index contributed by atoms with van der Waals surface area (Å²) < 4.78 is 21.5. The van der Waals surface area contributed by atoms with Crippen molar-refractivity contribution in [2.75, 3.05) is 32.6 Å². The zero-order chi connectivity index (χ0) is 20.6. The number of benzene rings is 1. The van der Waals surface area contributed by atoms with E-state index in [1.54, 1.807) is 29.7 Å². The normalized spacial score (nSPS) is 16.5. The predicted octanol–water partition coefficient (Wildman–Crippen LogP) is 2.77. The molecule has 0 radical (unpaired) electrons. The van der Waals surface area contributed by atoms with E-state index in [9.17, 15) is 9.59 Å². The third-order valence-electron chi connectivity index (χ3n) is 4.41. The maximum atomic E-state index is 12.9. The molecule has 2 heterocycles. The molecule has 156 valence electrons. The van der Waals surface area contributed by atoms with Gasteiger partial charge in [0.2, 0.25) is 0 Å². The van der Waals surface area contributed by atoms with E-state index < -0.39 is 0 Å². The number of morpholine rings is 1. The second kappa shape index (κ2) is 10.3. The molecule has 0 spiro atoms. The van der Waals surface area contributed by atoms with Crippen LogP contribution in [0.4, 0.5) is 0 Å². The standard InChI is InChI=1S/C20H24N2O6S/c1-3-26-19(23)10-14-12-25-9-8-22(14)20(24)16-11-15(28-21-16)13-27-17-6-4-5-7-18(17)29-2/h4-7,11,14H,3,8-10,12-13H2,1-2H3/t14-/m1/s1. The Labute approximate surface area is 173 Å². The minimum Gasteiger partial charge on any atom is -0.484 e. The maximum Gasteiger partial charge on any atom is 0.307 e. The van der Waals surface area contributed by atoms with Gasteiger partial charge in [0.25, 0.3) is 5.91 Å². The summed E-state index contributed by atoms with van der Waals surface area (Å²) in [5.74, 6) is 0.524. The SMILES string of the molecule is CCOC(=O)C[C@@H]1COCCN1C(=O)c1cc(COc2ccccc2SC)on1. The Balaban J connectivity index is 1.63. The van der Waals surface area contributed by atoms with Gasteiger partial charge in [-0.05, 0) is 25.3 Å². The summed E-state index contributed by atoms with van der Waals surface area (Å²) in [6, 6.07) is 8.87. The van der Waals surface area contributed by atoms with Crippen molar-refractivity contribution in [1.29, 1.82) is 0 Å². The van der Waals surface area contributed by atoms with Crippen LogP contribution in [0.1, 0.15) is 29.6 Å². The van der Waals surface area contributed by atoms with Gasteiger partial charge in [0.1, 0.15) is 12.4 Å². The molecular weight excluding hydrogens is 396 g/mol. The molecule has 9 heteroatoms. The van der Waals surface area contributed by atoms with Crippen molar-refractivity contribution in [3.63, 3.8) is 0 Å². The third kappa shape index (κ3) is 5.51. The highest BCUT2D eigenvalue weighted by Crippen LogP contribution is 2.27. The van der Waals surface area contributed by atoms with Crippen LogP contribution in [-0.4, -0.2) is 60.6 Å². The highest BCUT2D eigenvalue weighted by Gasteiger charge is 2.31. The molecule has 1 aromatic carbocycles. The zero-order valence-corrected chi connectivity index (χ0v) is 17.3. The molecule has 0 aliphatic carbocycles. The molecule has 1 aliphatic heterocycles. The van der Waals surface area contributed by atoms with Crippen molar-refractivity contribution in [2.24, 2.45) is 0 Å². The van der Waals surface area contributed by atoms with E-state index in [4.69, 9.17) is 18.7 Å². The molecule has 1 aromatic heterocycles. The Morgan fingerprint density at radius 3 is 2.97 bits per heavy atom. The molecule has 1 atom stereocenters. The first-order chi connectivity index (χ1) is 14.1. The van der Waals surface area contributed by atoms with E-state index in [-0.39, 0.29) is 43.2 Å². The molecule has 0 N–H and O–H groups in total. The lowest BCUT2D eigenvalue weighted by molar-refractivity contribution is -0.145. The largest absolute Gasteiger partial charge is 0.484 e. The van der Waals surface area contributed by atoms with E-state index in [2.05, 4.69) is 5.16 Å². The van der Waals surface area contributed by atoms with Crippen LogP contribution in [0.3, 0.4) is 0 Å². The molecular formula is C20H24N2O6S. The minimum absolute atomic E-state index is 0.0822. The number of amides is 1. The fourth-order valence-corrected chi connectivity index (χ4v) is 3.56. The second-order valence-corrected chi connectivity index (χ2v) is 7.20. The molecule has 0 bridgehead atoms. The molecule has 3 rings (SSSR count). The number of carbonyl (C=O) groups is 2. The molecule has 29 heavy (non-hydrogen) atoms. The van der Waals surface area contributed by atoms with Crippen molar-refractivity contribution in [1.82, 2.24) is 10.1 Å². The number of rotatable bonds is 8. The smallest absolute Gasteiger partial charge is 0.307 e. The summed E-state index contributed by atoms with van der Waals surface area (Å²) in [5.41, 5.74) is 0.178. The number of para-hydroxylation sites is 1. The van der Waals surface area contributed by atoms with E-state index in [1.165, 1.54) is 0 Å². The van der Waals surface area contributed by atoms with Crippen molar-refractivity contribution in [3.05, 3.63) is 41.8 Å². The van der Waals surface area contributed by atoms with Gasteiger partial charge >= 0.3 is 5.97 Å². The lowest BCUT2D eigenvalue weighted by atomic mass is 10.1. The van der Waals surface area contributed by atoms with Crippen molar-refractivity contribution in [2.45, 2.75) is 30.9 Å². The van der Waals surface area contributed by atoms with Gasteiger partial charge in [-0.25, -0.2) is 0 Å². The summed E-state index contributed by atoms with van der Waals surface area (Å²) in [7, 11) is 0. The summed E-state index contributed by atoms with van der Waals surface area (Å²) in [4.78, 5) is 27.3. The van der Waals surface area contributed by atoms with Gasteiger partial charge in [0.15, 0.2) is 11.5 Å². The highest BCUT2D eigenvalue weighted by molar-refractivity contribution is 7.98. The van der Waals surface area contributed by atoms with Gasteiger partial charge in [0, 0.05) is 17.5 Å². The van der Waals surface area contributed by atoms with Crippen LogP contribution >= 0.6 is 11.8 Å². The fraction of sp³-hybridized carbons (Fsp3) is 0.450. The number of esters is 1. The van der Waals surface area contributed by atoms with Crippen LogP contribution in [0.2, 0.25) is 0 Å². The molecule has 8 nitrogen and oxygen atoms in total. The highest BCUT2D eigenvalue weighted by atomic mass is 32.2. The van der Waals surface area contributed by atoms with Crippen LogP contribution in [0.25, 0.3) is 0 Å². The summed E-state index contributed by atoms with van der Waals surface area (Å²) in [5, 5.41) is 3.89. The molecule has 1 amide bonds. The number of aromatic nitrogens is 1. The molecule has 1 fully saturated rings. The van der Waals surface area contributed by atoms with E-state index in [0.29, 0.717) is 25.5 Å². The predicted molar refractivity (Wildman–Crippen MR) is 106 cm³/mol. The van der Waals surface area contributed by atoms with Crippen molar-refractivity contribution >= 4 is 23.6 Å². The first kappa shape index (κ1) is 21.2. The Morgan fingerprint density at radius 1 is 1.34 bits per heavy atom. The van der Waals surface area contributed by atoms with Crippen LogP contribution in [0.5, 0.6) is 5.75 Å². The van der Waals surface area contributed by atoms with Gasteiger partial charge in [-0.1, -0.05) is 17.3 Å². The molecule has 1 saturated heterocycles. The molecule has 0 saturated carbocycles. The lowest BCUT2D eigenvalue weighted by Gasteiger charge is -2.34. The van der Waals surface area contributed by atoms with Crippen LogP contribution in [-0.2, 0) is 20.9 Å². The minimum atomic E-state index is -0.389. The van der Waals surface area contributed by atoms with E-state index >= 15 is 0 Å². The zero-order valence-electron chi connectivity index (χ0n) is 16.5. The lowest BCUT2D eigenvalue weighted by Crippen LogP contribution is -2.49. The van der Waals surface area contributed by atoms with Crippen molar-refractivity contribution < 1.29 is 28.3 Å². The number of carbonyl (C=O) groups excluding carboxylic acids is 2. The maximum absolute atomic E-state index is 12.9. The fourth-order valence-electron chi connectivity index (χ4n) is 3.02. The summed E-state index contributed by atoms with van der Waals surface area (Å²) >= 11 is 1.59. The van der Waals surface area contributed by atoms with Gasteiger partial charge < -0.3 is 23.6 Å². The van der Waals surface area contributed by atoms with Crippen LogP contribution < -0.4 is 4.74 Å². The van der Waals surface area contributed by atoms with Gasteiger partial charge in [0.05, 0.1) is 32.3 Å². The first-order valence-corrected chi connectivity index (χ1v) is 10.6. The topological polar surface area (TPSA) is 91.1 Å². The van der Waals surface area contributed by atoms with Gasteiger partial charge in [-0.2, -0.15) is 0 Å². The van der Waals surface area contributed by atoms with E-state index in [0.717, 1.165) is 10.6 Å². The van der Waals surface area contributed by atoms with Crippen LogP contribution in [0.15, 0.2) is 39.8 Å². The quantitative estimate of drug-likeness (QED) is 0.476. The second-order valence-electron chi connectivity index (χ2n) is 6.35. The van der Waals surface area contributed by atoms with Gasteiger partial charge in [-0.3, -0.25) is 9.59 Å². The van der Waals surface area contributed by atoms with Crippen molar-refractivity contribution in [3.8, 4) is 5.75 Å². The first-order valence-electron chi connectivity index (χ1n) is 9.38. The molecule has 1 aliphatic rings. The summed E-state index contributed by atoms with van der Waals surface area (Å²) in [6.45, 7) is 3.27. The molecule has 0 unspecified atom stereocenters. The number of nitrogens with zero attached hydrogens (tertiary/aromatic N) is 2. The average Bonchev–Trinajstić information content (AvgIpc) is 3.21. The molecule has 2 aromatic rings. The van der Waals surface area contributed by atoms with Gasteiger partial charge in [-0.15, -0.1) is 11.8 Å². The average molecular weight is 420 g/mol. The third-order valence-corrected chi connectivity index (χ3v) is 5.19. The summed E-state index contributed by atoms with van der Waals surface area (Å²) in [6.07, 6.45) is 2.06.